The highest BCUT2D eigenvalue weighted by atomic mass is 35.5. The van der Waals surface area contributed by atoms with Crippen molar-refractivity contribution in [3.8, 4) is 0 Å². The number of benzene rings is 1. The van der Waals surface area contributed by atoms with E-state index >= 15 is 0 Å². The number of hydrogen-bond donors (Lipinski definition) is 2. The summed E-state index contributed by atoms with van der Waals surface area (Å²) in [4.78, 5) is 11.9. The molecule has 0 aliphatic carbocycles. The predicted octanol–water partition coefficient (Wildman–Crippen LogP) is 3.71. The van der Waals surface area contributed by atoms with E-state index in [0.717, 1.165) is 32.4 Å². The second-order valence-corrected chi connectivity index (χ2v) is 5.75. The van der Waals surface area contributed by atoms with E-state index in [4.69, 9.17) is 23.2 Å². The van der Waals surface area contributed by atoms with Crippen LogP contribution in [0.5, 0.6) is 0 Å². The Bertz CT molecular complexity index is 445. The smallest absolute Gasteiger partial charge is 0.224 e. The van der Waals surface area contributed by atoms with E-state index in [1.165, 1.54) is 0 Å². The van der Waals surface area contributed by atoms with E-state index in [1.807, 2.05) is 0 Å². The molecule has 1 amide bonds. The fourth-order valence-electron chi connectivity index (χ4n) is 2.31. The van der Waals surface area contributed by atoms with Crippen molar-refractivity contribution in [3.05, 3.63) is 28.2 Å². The molecule has 1 saturated heterocycles. The molecular formula is C14H18Cl2N2O. The molecule has 0 bridgehead atoms. The summed E-state index contributed by atoms with van der Waals surface area (Å²) in [6.45, 7) is 2.12. The zero-order valence-corrected chi connectivity index (χ0v) is 12.2. The van der Waals surface area contributed by atoms with Gasteiger partial charge in [-0.1, -0.05) is 23.2 Å². The van der Waals surface area contributed by atoms with Gasteiger partial charge in [-0.15, -0.1) is 0 Å². The van der Waals surface area contributed by atoms with Crippen LogP contribution in [0.15, 0.2) is 18.2 Å². The van der Waals surface area contributed by atoms with E-state index in [1.54, 1.807) is 18.2 Å². The highest BCUT2D eigenvalue weighted by Crippen LogP contribution is 2.26. The number of rotatable bonds is 4. The molecule has 1 aromatic carbocycles. The van der Waals surface area contributed by atoms with Gasteiger partial charge in [0.05, 0.1) is 10.7 Å². The van der Waals surface area contributed by atoms with Gasteiger partial charge in [-0.2, -0.15) is 0 Å². The van der Waals surface area contributed by atoms with E-state index in [0.29, 0.717) is 28.1 Å². The summed E-state index contributed by atoms with van der Waals surface area (Å²) in [5.74, 6) is 0.657. The van der Waals surface area contributed by atoms with Crippen molar-refractivity contribution in [2.24, 2.45) is 5.92 Å². The van der Waals surface area contributed by atoms with Crippen molar-refractivity contribution in [2.75, 3.05) is 18.4 Å². The lowest BCUT2D eigenvalue weighted by atomic mass is 9.93. The topological polar surface area (TPSA) is 41.1 Å². The molecule has 0 spiro atoms. The normalized spacial score (nSPS) is 16.3. The molecule has 5 heteroatoms. The first-order valence-electron chi connectivity index (χ1n) is 6.61. The molecule has 0 radical (unpaired) electrons. The minimum absolute atomic E-state index is 0.00250. The summed E-state index contributed by atoms with van der Waals surface area (Å²) < 4.78 is 0. The average molecular weight is 301 g/mol. The minimum Gasteiger partial charge on any atom is -0.325 e. The standard InChI is InChI=1S/C14H18Cl2N2O/c15-11-2-3-12(16)13(9-11)18-14(19)4-1-10-5-7-17-8-6-10/h2-3,9-10,17H,1,4-8H2,(H,18,19). The van der Waals surface area contributed by atoms with Crippen molar-refractivity contribution in [3.63, 3.8) is 0 Å². The van der Waals surface area contributed by atoms with Crippen molar-refractivity contribution in [1.29, 1.82) is 0 Å². The third kappa shape index (κ3) is 4.68. The third-order valence-corrected chi connectivity index (χ3v) is 4.01. The van der Waals surface area contributed by atoms with Crippen LogP contribution in [-0.4, -0.2) is 19.0 Å². The summed E-state index contributed by atoms with van der Waals surface area (Å²) in [5, 5.41) is 7.22. The number of anilines is 1. The number of carbonyl (C=O) groups excluding carboxylic acids is 1. The van der Waals surface area contributed by atoms with Crippen LogP contribution in [0.25, 0.3) is 0 Å². The number of halogens is 2. The van der Waals surface area contributed by atoms with Crippen LogP contribution in [-0.2, 0) is 4.79 Å². The Morgan fingerprint density at radius 2 is 2.05 bits per heavy atom. The first kappa shape index (κ1) is 14.6. The SMILES string of the molecule is O=C(CCC1CCNCC1)Nc1cc(Cl)ccc1Cl. The van der Waals surface area contributed by atoms with Crippen molar-refractivity contribution in [2.45, 2.75) is 25.7 Å². The van der Waals surface area contributed by atoms with E-state index < -0.39 is 0 Å². The Balaban J connectivity index is 1.81. The Morgan fingerprint density at radius 1 is 1.32 bits per heavy atom. The summed E-state index contributed by atoms with van der Waals surface area (Å²) in [5.41, 5.74) is 0.587. The summed E-state index contributed by atoms with van der Waals surface area (Å²) in [6, 6.07) is 5.06. The summed E-state index contributed by atoms with van der Waals surface area (Å²) >= 11 is 11.9. The second kappa shape index (κ2) is 7.13. The highest BCUT2D eigenvalue weighted by molar-refractivity contribution is 6.35. The lowest BCUT2D eigenvalue weighted by Gasteiger charge is -2.22. The Labute approximate surface area is 123 Å². The molecule has 2 N–H and O–H groups in total. The van der Waals surface area contributed by atoms with E-state index in [-0.39, 0.29) is 5.91 Å². The number of amides is 1. The van der Waals surface area contributed by atoms with Gasteiger partial charge in [0.1, 0.15) is 0 Å². The monoisotopic (exact) mass is 300 g/mol. The molecule has 2 rings (SSSR count). The molecule has 1 heterocycles. The molecule has 3 nitrogen and oxygen atoms in total. The van der Waals surface area contributed by atoms with E-state index in [2.05, 4.69) is 10.6 Å². The highest BCUT2D eigenvalue weighted by Gasteiger charge is 2.15. The number of hydrogen-bond acceptors (Lipinski definition) is 2. The van der Waals surface area contributed by atoms with Crippen molar-refractivity contribution < 1.29 is 4.79 Å². The Morgan fingerprint density at radius 3 is 2.79 bits per heavy atom. The zero-order chi connectivity index (χ0) is 13.7. The largest absolute Gasteiger partial charge is 0.325 e. The first-order valence-corrected chi connectivity index (χ1v) is 7.36. The molecule has 0 aromatic heterocycles. The molecule has 1 aliphatic rings. The molecule has 0 atom stereocenters. The number of piperidine rings is 1. The van der Waals surface area contributed by atoms with Gasteiger partial charge in [0.2, 0.25) is 5.91 Å². The third-order valence-electron chi connectivity index (χ3n) is 3.44. The Hall–Kier alpha value is -0.770. The van der Waals surface area contributed by atoms with Crippen molar-refractivity contribution >= 4 is 34.8 Å². The number of nitrogens with one attached hydrogen (secondary N) is 2. The van der Waals surface area contributed by atoms with Crippen LogP contribution < -0.4 is 10.6 Å². The van der Waals surface area contributed by atoms with Gasteiger partial charge in [-0.25, -0.2) is 0 Å². The van der Waals surface area contributed by atoms with Crippen LogP contribution in [0.4, 0.5) is 5.69 Å². The fraction of sp³-hybridized carbons (Fsp3) is 0.500. The van der Waals surface area contributed by atoms with Crippen molar-refractivity contribution in [1.82, 2.24) is 5.32 Å². The quantitative estimate of drug-likeness (QED) is 0.890. The maximum absolute atomic E-state index is 11.9. The van der Waals surface area contributed by atoms with Crippen LogP contribution >= 0.6 is 23.2 Å². The zero-order valence-electron chi connectivity index (χ0n) is 10.7. The van der Waals surface area contributed by atoms with Gasteiger partial charge in [-0.05, 0) is 56.5 Å². The molecule has 1 aliphatic heterocycles. The number of carbonyl (C=O) groups is 1. The van der Waals surface area contributed by atoms with Gasteiger partial charge in [-0.3, -0.25) is 4.79 Å². The average Bonchev–Trinajstić information content (AvgIpc) is 2.42. The van der Waals surface area contributed by atoms with Gasteiger partial charge in [0.15, 0.2) is 0 Å². The van der Waals surface area contributed by atoms with Gasteiger partial charge in [0.25, 0.3) is 0 Å². The second-order valence-electron chi connectivity index (χ2n) is 4.90. The molecule has 104 valence electrons. The maximum Gasteiger partial charge on any atom is 0.224 e. The fourth-order valence-corrected chi connectivity index (χ4v) is 2.65. The predicted molar refractivity (Wildman–Crippen MR) is 79.9 cm³/mol. The van der Waals surface area contributed by atoms with Crippen LogP contribution in [0.1, 0.15) is 25.7 Å². The van der Waals surface area contributed by atoms with Crippen LogP contribution in [0.2, 0.25) is 10.0 Å². The van der Waals surface area contributed by atoms with Gasteiger partial charge in [0, 0.05) is 11.4 Å². The van der Waals surface area contributed by atoms with E-state index in [9.17, 15) is 4.79 Å². The summed E-state index contributed by atoms with van der Waals surface area (Å²) in [7, 11) is 0. The molecule has 0 saturated carbocycles. The molecule has 1 aromatic rings. The van der Waals surface area contributed by atoms with Crippen LogP contribution in [0.3, 0.4) is 0 Å². The molecule has 0 unspecified atom stereocenters. The maximum atomic E-state index is 11.9. The molecule has 1 fully saturated rings. The minimum atomic E-state index is 0.00250. The van der Waals surface area contributed by atoms with Gasteiger partial charge < -0.3 is 10.6 Å². The molecule has 19 heavy (non-hydrogen) atoms. The molecular weight excluding hydrogens is 283 g/mol. The van der Waals surface area contributed by atoms with Gasteiger partial charge >= 0.3 is 0 Å². The lowest BCUT2D eigenvalue weighted by molar-refractivity contribution is -0.116. The first-order chi connectivity index (χ1) is 9.15. The van der Waals surface area contributed by atoms with Crippen LogP contribution in [0, 0.1) is 5.92 Å². The summed E-state index contributed by atoms with van der Waals surface area (Å²) in [6.07, 6.45) is 3.79. The lowest BCUT2D eigenvalue weighted by Crippen LogP contribution is -2.28. The Kier molecular flexibility index (Phi) is 5.49.